The molecule has 0 aliphatic rings. The third-order valence-electron chi connectivity index (χ3n) is 4.28. The SMILES string of the molecule is Cc1nn(C)c(C)c1C[C@H](C)C(=O)Nc1ccc(CC(=O)O)c(F)c1. The smallest absolute Gasteiger partial charge is 0.307 e. The predicted octanol–water partition coefficient (Wildman–Crippen LogP) is 2.62. The average Bonchev–Trinajstić information content (AvgIpc) is 2.76. The van der Waals surface area contributed by atoms with E-state index in [9.17, 15) is 14.0 Å². The molecule has 0 saturated heterocycles. The van der Waals surface area contributed by atoms with Gasteiger partial charge in [0, 0.05) is 24.3 Å². The number of aromatic nitrogens is 2. The van der Waals surface area contributed by atoms with Crippen molar-refractivity contribution in [2.45, 2.75) is 33.6 Å². The largest absolute Gasteiger partial charge is 0.481 e. The van der Waals surface area contributed by atoms with E-state index in [-0.39, 0.29) is 17.4 Å². The maximum Gasteiger partial charge on any atom is 0.307 e. The minimum atomic E-state index is -1.11. The van der Waals surface area contributed by atoms with E-state index in [2.05, 4.69) is 10.4 Å². The summed E-state index contributed by atoms with van der Waals surface area (Å²) in [6, 6.07) is 4.02. The first-order valence-electron chi connectivity index (χ1n) is 7.99. The van der Waals surface area contributed by atoms with Crippen molar-refractivity contribution in [1.82, 2.24) is 9.78 Å². The molecule has 25 heavy (non-hydrogen) atoms. The first-order valence-corrected chi connectivity index (χ1v) is 7.99. The molecule has 0 aliphatic heterocycles. The number of aryl methyl sites for hydroxylation is 2. The minimum absolute atomic E-state index is 0.0835. The molecule has 2 aromatic rings. The molecule has 7 heteroatoms. The van der Waals surface area contributed by atoms with Crippen molar-refractivity contribution in [2.75, 3.05) is 5.32 Å². The van der Waals surface area contributed by atoms with Crippen molar-refractivity contribution in [3.05, 3.63) is 46.5 Å². The van der Waals surface area contributed by atoms with E-state index in [0.717, 1.165) is 23.0 Å². The monoisotopic (exact) mass is 347 g/mol. The lowest BCUT2D eigenvalue weighted by atomic mass is 9.98. The highest BCUT2D eigenvalue weighted by atomic mass is 19.1. The van der Waals surface area contributed by atoms with Gasteiger partial charge in [0.15, 0.2) is 0 Å². The van der Waals surface area contributed by atoms with Crippen molar-refractivity contribution in [3.8, 4) is 0 Å². The van der Waals surface area contributed by atoms with Gasteiger partial charge in [0.1, 0.15) is 5.82 Å². The lowest BCUT2D eigenvalue weighted by Crippen LogP contribution is -2.22. The lowest BCUT2D eigenvalue weighted by Gasteiger charge is -2.13. The summed E-state index contributed by atoms with van der Waals surface area (Å²) in [4.78, 5) is 23.0. The summed E-state index contributed by atoms with van der Waals surface area (Å²) < 4.78 is 15.7. The minimum Gasteiger partial charge on any atom is -0.481 e. The van der Waals surface area contributed by atoms with Gasteiger partial charge in [0.05, 0.1) is 12.1 Å². The number of nitrogens with zero attached hydrogens (tertiary/aromatic N) is 2. The van der Waals surface area contributed by atoms with E-state index < -0.39 is 18.2 Å². The van der Waals surface area contributed by atoms with Crippen LogP contribution in [0.4, 0.5) is 10.1 Å². The van der Waals surface area contributed by atoms with Crippen molar-refractivity contribution in [2.24, 2.45) is 13.0 Å². The van der Waals surface area contributed by atoms with E-state index >= 15 is 0 Å². The molecule has 0 unspecified atom stereocenters. The first kappa shape index (κ1) is 18.6. The quantitative estimate of drug-likeness (QED) is 0.841. The van der Waals surface area contributed by atoms with Crippen LogP contribution in [0.3, 0.4) is 0 Å². The second-order valence-corrected chi connectivity index (χ2v) is 6.24. The number of hydrogen-bond acceptors (Lipinski definition) is 3. The van der Waals surface area contributed by atoms with E-state index in [4.69, 9.17) is 5.11 Å². The van der Waals surface area contributed by atoms with Gasteiger partial charge < -0.3 is 10.4 Å². The van der Waals surface area contributed by atoms with Crippen LogP contribution in [0.25, 0.3) is 0 Å². The molecular weight excluding hydrogens is 325 g/mol. The standard InChI is InChI=1S/C18H22FN3O3/c1-10(7-15-11(2)21-22(4)12(15)3)18(25)20-14-6-5-13(8-17(23)24)16(19)9-14/h5-6,9-10H,7-8H2,1-4H3,(H,20,25)(H,23,24)/t10-/m0/s1. The molecule has 0 spiro atoms. The number of amides is 1. The topological polar surface area (TPSA) is 84.2 Å². The molecule has 0 fully saturated rings. The second kappa shape index (κ2) is 7.46. The van der Waals surface area contributed by atoms with Crippen LogP contribution in [0.2, 0.25) is 0 Å². The van der Waals surface area contributed by atoms with Gasteiger partial charge >= 0.3 is 5.97 Å². The van der Waals surface area contributed by atoms with Gasteiger partial charge in [-0.05, 0) is 43.5 Å². The maximum atomic E-state index is 13.9. The Morgan fingerprint density at radius 3 is 2.56 bits per heavy atom. The number of halogens is 1. The zero-order chi connectivity index (χ0) is 18.7. The number of carboxylic acids is 1. The number of carbonyl (C=O) groups excluding carboxylic acids is 1. The van der Waals surface area contributed by atoms with Crippen LogP contribution in [0.1, 0.15) is 29.4 Å². The van der Waals surface area contributed by atoms with Crippen LogP contribution < -0.4 is 5.32 Å². The van der Waals surface area contributed by atoms with Crippen LogP contribution in [0.15, 0.2) is 18.2 Å². The van der Waals surface area contributed by atoms with E-state index in [1.165, 1.54) is 12.1 Å². The van der Waals surface area contributed by atoms with Crippen molar-refractivity contribution >= 4 is 17.6 Å². The Bertz CT molecular complexity index is 814. The molecule has 1 amide bonds. The number of carbonyl (C=O) groups is 2. The lowest BCUT2D eigenvalue weighted by molar-refractivity contribution is -0.136. The van der Waals surface area contributed by atoms with E-state index in [1.807, 2.05) is 20.9 Å². The fourth-order valence-electron chi connectivity index (χ4n) is 2.71. The Balaban J connectivity index is 2.06. The molecular formula is C18H22FN3O3. The van der Waals surface area contributed by atoms with Gasteiger partial charge in [-0.2, -0.15) is 5.10 Å². The summed E-state index contributed by atoms with van der Waals surface area (Å²) in [5, 5.41) is 15.7. The van der Waals surface area contributed by atoms with Crippen molar-refractivity contribution in [1.29, 1.82) is 0 Å². The molecule has 6 nitrogen and oxygen atoms in total. The molecule has 1 aromatic carbocycles. The summed E-state index contributed by atoms with van der Waals surface area (Å²) in [6.07, 6.45) is 0.146. The molecule has 134 valence electrons. The Labute approximate surface area is 145 Å². The van der Waals surface area contributed by atoms with Crippen LogP contribution >= 0.6 is 0 Å². The normalized spacial score (nSPS) is 12.0. The molecule has 0 bridgehead atoms. The third kappa shape index (κ3) is 4.43. The molecule has 1 atom stereocenters. The molecule has 2 N–H and O–H groups in total. The van der Waals surface area contributed by atoms with Gasteiger partial charge in [0.2, 0.25) is 5.91 Å². The highest BCUT2D eigenvalue weighted by Gasteiger charge is 2.19. The third-order valence-corrected chi connectivity index (χ3v) is 4.28. The van der Waals surface area contributed by atoms with Crippen molar-refractivity contribution in [3.63, 3.8) is 0 Å². The summed E-state index contributed by atoms with van der Waals surface area (Å²) in [5.74, 6) is -2.30. The van der Waals surface area contributed by atoms with Gasteiger partial charge in [-0.25, -0.2) is 4.39 Å². The average molecular weight is 347 g/mol. The van der Waals surface area contributed by atoms with Gasteiger partial charge in [-0.1, -0.05) is 13.0 Å². The van der Waals surface area contributed by atoms with Crippen LogP contribution in [-0.4, -0.2) is 26.8 Å². The summed E-state index contributed by atoms with van der Waals surface area (Å²) in [5.41, 5.74) is 3.33. The fourth-order valence-corrected chi connectivity index (χ4v) is 2.71. The van der Waals surface area contributed by atoms with Gasteiger partial charge in [-0.15, -0.1) is 0 Å². The fraction of sp³-hybridized carbons (Fsp3) is 0.389. The number of rotatable bonds is 6. The number of benzene rings is 1. The predicted molar refractivity (Wildman–Crippen MR) is 91.9 cm³/mol. The van der Waals surface area contributed by atoms with E-state index in [0.29, 0.717) is 12.1 Å². The molecule has 0 aliphatic carbocycles. The number of carboxylic acid groups (broad SMARTS) is 1. The zero-order valence-electron chi connectivity index (χ0n) is 14.8. The highest BCUT2D eigenvalue weighted by molar-refractivity contribution is 5.92. The van der Waals surface area contributed by atoms with Gasteiger partial charge in [0.25, 0.3) is 0 Å². The van der Waals surface area contributed by atoms with E-state index in [1.54, 1.807) is 11.6 Å². The van der Waals surface area contributed by atoms with Crippen LogP contribution in [0.5, 0.6) is 0 Å². The zero-order valence-corrected chi connectivity index (χ0v) is 14.8. The Morgan fingerprint density at radius 1 is 1.36 bits per heavy atom. The molecule has 0 radical (unpaired) electrons. The Hall–Kier alpha value is -2.70. The molecule has 2 rings (SSSR count). The van der Waals surface area contributed by atoms with Gasteiger partial charge in [-0.3, -0.25) is 14.3 Å². The Kier molecular flexibility index (Phi) is 5.56. The number of hydrogen-bond donors (Lipinski definition) is 2. The van der Waals surface area contributed by atoms with Crippen molar-refractivity contribution < 1.29 is 19.1 Å². The summed E-state index contributed by atoms with van der Waals surface area (Å²) in [6.45, 7) is 5.66. The summed E-state index contributed by atoms with van der Waals surface area (Å²) >= 11 is 0. The number of anilines is 1. The molecule has 0 saturated carbocycles. The highest BCUT2D eigenvalue weighted by Crippen LogP contribution is 2.20. The Morgan fingerprint density at radius 2 is 2.04 bits per heavy atom. The summed E-state index contributed by atoms with van der Waals surface area (Å²) in [7, 11) is 1.86. The molecule has 1 aromatic heterocycles. The first-order chi connectivity index (χ1) is 11.7. The molecule has 1 heterocycles. The van der Waals surface area contributed by atoms with Crippen LogP contribution in [-0.2, 0) is 29.5 Å². The number of nitrogens with one attached hydrogen (secondary N) is 1. The second-order valence-electron chi connectivity index (χ2n) is 6.24. The maximum absolute atomic E-state index is 13.9. The van der Waals surface area contributed by atoms with Crippen LogP contribution in [0, 0.1) is 25.6 Å². The number of aliphatic carboxylic acids is 1.